The summed E-state index contributed by atoms with van der Waals surface area (Å²) in [5.74, 6) is -0.436. The molecule has 0 aliphatic heterocycles. The van der Waals surface area contributed by atoms with Crippen LogP contribution in [0.2, 0.25) is 18.6 Å². The zero-order chi connectivity index (χ0) is 15.2. The molecular formula is C14H21N3O2Si. The Morgan fingerprint density at radius 3 is 2.50 bits per heavy atom. The van der Waals surface area contributed by atoms with Crippen LogP contribution < -0.4 is 5.19 Å². The maximum atomic E-state index is 12.0. The van der Waals surface area contributed by atoms with Crippen LogP contribution in [0, 0.1) is 0 Å². The fourth-order valence-electron chi connectivity index (χ4n) is 2.16. The molecule has 0 amide bonds. The third kappa shape index (κ3) is 3.62. The molecule has 5 nitrogen and oxygen atoms in total. The second-order valence-electron chi connectivity index (χ2n) is 5.28. The fourth-order valence-corrected chi connectivity index (χ4v) is 4.73. The summed E-state index contributed by atoms with van der Waals surface area (Å²) in [4.78, 5) is 14.8. The van der Waals surface area contributed by atoms with Gasteiger partial charge in [-0.3, -0.25) is 4.79 Å². The van der Waals surface area contributed by atoms with Gasteiger partial charge in [0, 0.05) is 4.91 Å². The molecule has 0 saturated carbocycles. The SMILES string of the molecule is CCOC(=O)[C@H](N=[N+]=[N-])[C@@H](C)[Si](C)(C)c1ccccc1. The van der Waals surface area contributed by atoms with Crippen LogP contribution in [0.25, 0.3) is 10.4 Å². The van der Waals surface area contributed by atoms with Gasteiger partial charge in [0.25, 0.3) is 0 Å². The van der Waals surface area contributed by atoms with E-state index in [-0.39, 0.29) is 12.1 Å². The van der Waals surface area contributed by atoms with Crippen LogP contribution >= 0.6 is 0 Å². The summed E-state index contributed by atoms with van der Waals surface area (Å²) in [6.45, 7) is 8.35. The topological polar surface area (TPSA) is 75.1 Å². The Morgan fingerprint density at radius 1 is 1.40 bits per heavy atom. The van der Waals surface area contributed by atoms with Gasteiger partial charge in [-0.2, -0.15) is 0 Å². The van der Waals surface area contributed by atoms with Gasteiger partial charge in [-0.1, -0.05) is 60.7 Å². The van der Waals surface area contributed by atoms with Crippen molar-refractivity contribution in [2.45, 2.75) is 38.5 Å². The summed E-state index contributed by atoms with van der Waals surface area (Å²) >= 11 is 0. The first kappa shape index (κ1) is 16.3. The van der Waals surface area contributed by atoms with Gasteiger partial charge in [0.15, 0.2) is 0 Å². The summed E-state index contributed by atoms with van der Waals surface area (Å²) in [5.41, 5.74) is 8.66. The van der Waals surface area contributed by atoms with Crippen molar-refractivity contribution in [3.05, 3.63) is 40.8 Å². The Hall–Kier alpha value is -1.78. The molecule has 0 spiro atoms. The number of esters is 1. The maximum absolute atomic E-state index is 12.0. The summed E-state index contributed by atoms with van der Waals surface area (Å²) < 4.78 is 5.03. The molecule has 1 rings (SSSR count). The molecule has 0 heterocycles. The summed E-state index contributed by atoms with van der Waals surface area (Å²) in [7, 11) is -1.94. The van der Waals surface area contributed by atoms with Crippen LogP contribution in [-0.4, -0.2) is 26.7 Å². The largest absolute Gasteiger partial charge is 0.466 e. The summed E-state index contributed by atoms with van der Waals surface area (Å²) in [6, 6.07) is 9.33. The van der Waals surface area contributed by atoms with E-state index in [1.165, 1.54) is 5.19 Å². The molecule has 1 aromatic rings. The lowest BCUT2D eigenvalue weighted by molar-refractivity contribution is -0.144. The molecule has 0 bridgehead atoms. The number of carbonyl (C=O) groups excluding carboxylic acids is 1. The zero-order valence-corrected chi connectivity index (χ0v) is 13.4. The lowest BCUT2D eigenvalue weighted by atomic mass is 10.2. The molecule has 20 heavy (non-hydrogen) atoms. The van der Waals surface area contributed by atoms with Gasteiger partial charge in [0.2, 0.25) is 0 Å². The minimum Gasteiger partial charge on any atom is -0.466 e. The predicted octanol–water partition coefficient (Wildman–Crippen LogP) is 3.23. The van der Waals surface area contributed by atoms with Crippen molar-refractivity contribution >= 4 is 19.2 Å². The van der Waals surface area contributed by atoms with E-state index in [0.29, 0.717) is 0 Å². The highest BCUT2D eigenvalue weighted by atomic mass is 28.3. The molecule has 108 valence electrons. The number of nitrogens with zero attached hydrogens (tertiary/aromatic N) is 3. The number of ether oxygens (including phenoxy) is 1. The van der Waals surface area contributed by atoms with E-state index in [4.69, 9.17) is 10.3 Å². The van der Waals surface area contributed by atoms with Gasteiger partial charge in [-0.05, 0) is 18.0 Å². The quantitative estimate of drug-likeness (QED) is 0.265. The van der Waals surface area contributed by atoms with Crippen LogP contribution in [-0.2, 0) is 9.53 Å². The molecule has 0 aromatic heterocycles. The monoisotopic (exact) mass is 291 g/mol. The molecule has 0 radical (unpaired) electrons. The molecule has 1 aromatic carbocycles. The van der Waals surface area contributed by atoms with Gasteiger partial charge in [-0.25, -0.2) is 0 Å². The van der Waals surface area contributed by atoms with Crippen molar-refractivity contribution in [2.24, 2.45) is 5.11 Å². The molecule has 6 heteroatoms. The van der Waals surface area contributed by atoms with E-state index in [1.54, 1.807) is 6.92 Å². The van der Waals surface area contributed by atoms with Gasteiger partial charge in [0.1, 0.15) is 6.04 Å². The van der Waals surface area contributed by atoms with Crippen molar-refractivity contribution in [2.75, 3.05) is 6.61 Å². The minimum atomic E-state index is -1.94. The van der Waals surface area contributed by atoms with E-state index in [2.05, 4.69) is 35.3 Å². The second-order valence-corrected chi connectivity index (χ2v) is 10.2. The zero-order valence-electron chi connectivity index (χ0n) is 12.4. The Labute approximate surface area is 120 Å². The molecule has 0 fully saturated rings. The number of carbonyl (C=O) groups is 1. The summed E-state index contributed by atoms with van der Waals surface area (Å²) in [6.07, 6.45) is 0. The first-order valence-electron chi connectivity index (χ1n) is 6.71. The number of rotatable bonds is 6. The third-order valence-corrected chi connectivity index (χ3v) is 8.25. The van der Waals surface area contributed by atoms with Crippen LogP contribution in [0.5, 0.6) is 0 Å². The lowest BCUT2D eigenvalue weighted by Gasteiger charge is -2.33. The third-order valence-electron chi connectivity index (χ3n) is 3.83. The molecule has 0 saturated heterocycles. The maximum Gasteiger partial charge on any atom is 0.314 e. The molecular weight excluding hydrogens is 270 g/mol. The van der Waals surface area contributed by atoms with Gasteiger partial charge in [-0.15, -0.1) is 0 Å². The van der Waals surface area contributed by atoms with Crippen LogP contribution in [0.4, 0.5) is 0 Å². The van der Waals surface area contributed by atoms with Crippen molar-refractivity contribution in [1.82, 2.24) is 0 Å². The predicted molar refractivity (Wildman–Crippen MR) is 82.5 cm³/mol. The number of azide groups is 1. The Balaban J connectivity index is 3.08. The summed E-state index contributed by atoms with van der Waals surface area (Å²) in [5, 5.41) is 4.91. The highest BCUT2D eigenvalue weighted by Crippen LogP contribution is 2.28. The van der Waals surface area contributed by atoms with Crippen LogP contribution in [0.1, 0.15) is 13.8 Å². The van der Waals surface area contributed by atoms with E-state index in [1.807, 2.05) is 25.1 Å². The molecule has 0 N–H and O–H groups in total. The van der Waals surface area contributed by atoms with E-state index >= 15 is 0 Å². The van der Waals surface area contributed by atoms with Crippen molar-refractivity contribution in [3.63, 3.8) is 0 Å². The number of hydrogen-bond donors (Lipinski definition) is 0. The standard InChI is InChI=1S/C14H21N3O2Si/c1-5-19-14(18)13(16-17-15)11(2)20(3,4)12-9-7-6-8-10-12/h6-11,13H,5H2,1-4H3/t11-,13-/m1/s1. The smallest absolute Gasteiger partial charge is 0.314 e. The molecule has 2 atom stereocenters. The van der Waals surface area contributed by atoms with Gasteiger partial charge in [0.05, 0.1) is 14.7 Å². The van der Waals surface area contributed by atoms with E-state index in [9.17, 15) is 4.79 Å². The Morgan fingerprint density at radius 2 is 2.00 bits per heavy atom. The van der Waals surface area contributed by atoms with E-state index in [0.717, 1.165) is 0 Å². The average Bonchev–Trinajstić information content (AvgIpc) is 2.45. The first-order chi connectivity index (χ1) is 9.45. The van der Waals surface area contributed by atoms with Crippen molar-refractivity contribution in [3.8, 4) is 0 Å². The van der Waals surface area contributed by atoms with E-state index < -0.39 is 20.1 Å². The lowest BCUT2D eigenvalue weighted by Crippen LogP contribution is -2.50. The normalized spacial score (nSPS) is 14.0. The minimum absolute atomic E-state index is 0.0418. The molecule has 0 aliphatic carbocycles. The Kier molecular flexibility index (Phi) is 5.79. The molecule has 0 aliphatic rings. The second kappa shape index (κ2) is 7.12. The number of hydrogen-bond acceptors (Lipinski definition) is 3. The highest BCUT2D eigenvalue weighted by molar-refractivity contribution is 6.91. The van der Waals surface area contributed by atoms with Crippen LogP contribution in [0.15, 0.2) is 35.4 Å². The molecule has 0 unspecified atom stereocenters. The Bertz CT molecular complexity index is 498. The number of benzene rings is 1. The van der Waals surface area contributed by atoms with Crippen molar-refractivity contribution in [1.29, 1.82) is 0 Å². The van der Waals surface area contributed by atoms with Gasteiger partial charge < -0.3 is 4.74 Å². The van der Waals surface area contributed by atoms with Crippen LogP contribution in [0.3, 0.4) is 0 Å². The van der Waals surface area contributed by atoms with Gasteiger partial charge >= 0.3 is 5.97 Å². The van der Waals surface area contributed by atoms with Crippen molar-refractivity contribution < 1.29 is 9.53 Å². The average molecular weight is 291 g/mol. The fraction of sp³-hybridized carbons (Fsp3) is 0.500. The highest BCUT2D eigenvalue weighted by Gasteiger charge is 2.39. The first-order valence-corrected chi connectivity index (χ1v) is 9.79.